The summed E-state index contributed by atoms with van der Waals surface area (Å²) in [6.07, 6.45) is 3.96. The Balaban J connectivity index is 1.67. The number of hydrogen-bond donors (Lipinski definition) is 1. The van der Waals surface area contributed by atoms with Gasteiger partial charge < -0.3 is 15.1 Å². The van der Waals surface area contributed by atoms with Crippen LogP contribution in [0.15, 0.2) is 30.6 Å². The molecular weight excluding hydrogens is 342 g/mol. The Hall–Kier alpha value is -2.96. The average molecular weight is 367 g/mol. The molecule has 0 spiro atoms. The van der Waals surface area contributed by atoms with Gasteiger partial charge in [-0.25, -0.2) is 9.97 Å². The van der Waals surface area contributed by atoms with Gasteiger partial charge >= 0.3 is 0 Å². The van der Waals surface area contributed by atoms with Gasteiger partial charge in [0.05, 0.1) is 5.56 Å². The van der Waals surface area contributed by atoms with E-state index in [1.54, 1.807) is 19.3 Å². The smallest absolute Gasteiger partial charge is 0.258 e. The minimum atomic E-state index is -0.216. The molecule has 1 aromatic carbocycles. The van der Waals surface area contributed by atoms with Gasteiger partial charge in [0, 0.05) is 51.2 Å². The van der Waals surface area contributed by atoms with Crippen LogP contribution in [0.25, 0.3) is 0 Å². The van der Waals surface area contributed by atoms with Crippen LogP contribution in [0.3, 0.4) is 0 Å². The fourth-order valence-electron chi connectivity index (χ4n) is 3.21. The topological polar surface area (TPSA) is 78.4 Å². The van der Waals surface area contributed by atoms with E-state index < -0.39 is 0 Å². The Kier molecular flexibility index (Phi) is 5.69. The number of nitrogens with zero attached hydrogens (tertiary/aromatic N) is 4. The molecule has 1 aromatic heterocycles. The molecule has 0 saturated carbocycles. The molecular formula is C20H25N5O2. The van der Waals surface area contributed by atoms with Crippen LogP contribution >= 0.6 is 0 Å². The Labute approximate surface area is 159 Å². The van der Waals surface area contributed by atoms with Crippen LogP contribution in [0, 0.1) is 6.92 Å². The lowest BCUT2D eigenvalue weighted by Gasteiger charge is -2.34. The van der Waals surface area contributed by atoms with Gasteiger partial charge in [0.1, 0.15) is 0 Å². The molecule has 27 heavy (non-hydrogen) atoms. The molecule has 2 aromatic rings. The summed E-state index contributed by atoms with van der Waals surface area (Å²) >= 11 is 0. The minimum absolute atomic E-state index is 0.0882. The van der Waals surface area contributed by atoms with Gasteiger partial charge in [-0.05, 0) is 24.5 Å². The third-order valence-electron chi connectivity index (χ3n) is 4.89. The molecule has 1 aliphatic rings. The molecule has 0 bridgehead atoms. The second-order valence-electron chi connectivity index (χ2n) is 6.68. The molecule has 0 radical (unpaired) electrons. The molecule has 1 fully saturated rings. The Morgan fingerprint density at radius 3 is 2.37 bits per heavy atom. The zero-order valence-electron chi connectivity index (χ0n) is 16.0. The summed E-state index contributed by atoms with van der Waals surface area (Å²) in [5, 5.41) is 2.99. The Bertz CT molecular complexity index is 827. The predicted molar refractivity (Wildman–Crippen MR) is 105 cm³/mol. The number of nitrogens with one attached hydrogen (secondary N) is 1. The summed E-state index contributed by atoms with van der Waals surface area (Å²) in [6.45, 7) is 8.33. The van der Waals surface area contributed by atoms with Crippen molar-refractivity contribution in [1.29, 1.82) is 0 Å². The van der Waals surface area contributed by atoms with Crippen molar-refractivity contribution in [3.05, 3.63) is 47.3 Å². The lowest BCUT2D eigenvalue weighted by Crippen LogP contribution is -2.48. The van der Waals surface area contributed by atoms with E-state index >= 15 is 0 Å². The van der Waals surface area contributed by atoms with Crippen molar-refractivity contribution in [1.82, 2.24) is 14.9 Å². The van der Waals surface area contributed by atoms with Crippen molar-refractivity contribution in [3.63, 3.8) is 0 Å². The van der Waals surface area contributed by atoms with Crippen LogP contribution < -0.4 is 10.2 Å². The second-order valence-corrected chi connectivity index (χ2v) is 6.68. The number of aromatic nitrogens is 2. The fraction of sp³-hybridized carbons (Fsp3) is 0.400. The first-order chi connectivity index (χ1) is 13.0. The highest BCUT2D eigenvalue weighted by Gasteiger charge is 2.20. The second kappa shape index (κ2) is 8.16. The van der Waals surface area contributed by atoms with Crippen LogP contribution in [-0.4, -0.2) is 52.9 Å². The normalized spacial score (nSPS) is 14.2. The Morgan fingerprint density at radius 1 is 1.11 bits per heavy atom. The highest BCUT2D eigenvalue weighted by Crippen LogP contribution is 2.22. The first-order valence-corrected chi connectivity index (χ1v) is 9.22. The molecule has 142 valence electrons. The van der Waals surface area contributed by atoms with E-state index in [1.165, 1.54) is 0 Å². The number of para-hydroxylation sites is 1. The number of benzene rings is 1. The van der Waals surface area contributed by atoms with Crippen LogP contribution in [-0.2, 0) is 11.2 Å². The summed E-state index contributed by atoms with van der Waals surface area (Å²) in [6, 6.07) is 5.99. The van der Waals surface area contributed by atoms with Crippen LogP contribution in [0.5, 0.6) is 0 Å². The van der Waals surface area contributed by atoms with Gasteiger partial charge in [0.2, 0.25) is 11.9 Å². The van der Waals surface area contributed by atoms with Crippen molar-refractivity contribution < 1.29 is 9.59 Å². The molecule has 2 heterocycles. The van der Waals surface area contributed by atoms with Gasteiger partial charge in [-0.15, -0.1) is 0 Å². The van der Waals surface area contributed by atoms with E-state index in [0.29, 0.717) is 37.7 Å². The molecule has 1 aliphatic heterocycles. The molecule has 3 rings (SSSR count). The monoisotopic (exact) mass is 367 g/mol. The number of piperazine rings is 1. The lowest BCUT2D eigenvalue weighted by atomic mass is 10.1. The number of carbonyl (C=O) groups is 2. The van der Waals surface area contributed by atoms with E-state index in [1.807, 2.05) is 34.9 Å². The number of aryl methyl sites for hydroxylation is 2. The molecule has 7 nitrogen and oxygen atoms in total. The average Bonchev–Trinajstić information content (AvgIpc) is 2.69. The van der Waals surface area contributed by atoms with Crippen molar-refractivity contribution in [3.8, 4) is 0 Å². The van der Waals surface area contributed by atoms with Gasteiger partial charge in [-0.3, -0.25) is 9.59 Å². The third kappa shape index (κ3) is 4.24. The van der Waals surface area contributed by atoms with E-state index in [0.717, 1.165) is 23.2 Å². The largest absolute Gasteiger partial charge is 0.339 e. The maximum Gasteiger partial charge on any atom is 0.258 e. The van der Waals surface area contributed by atoms with Crippen LogP contribution in [0.1, 0.15) is 35.3 Å². The first-order valence-electron chi connectivity index (χ1n) is 9.22. The summed E-state index contributed by atoms with van der Waals surface area (Å²) in [5.74, 6) is 0.456. The fourth-order valence-corrected chi connectivity index (χ4v) is 3.21. The zero-order valence-corrected chi connectivity index (χ0v) is 16.0. The van der Waals surface area contributed by atoms with Crippen molar-refractivity contribution in [2.45, 2.75) is 27.2 Å². The number of rotatable bonds is 4. The van der Waals surface area contributed by atoms with Crippen molar-refractivity contribution in [2.75, 3.05) is 36.4 Å². The minimum Gasteiger partial charge on any atom is -0.339 e. The van der Waals surface area contributed by atoms with E-state index in [4.69, 9.17) is 0 Å². The lowest BCUT2D eigenvalue weighted by molar-refractivity contribution is -0.129. The Morgan fingerprint density at radius 2 is 1.78 bits per heavy atom. The molecule has 1 saturated heterocycles. The summed E-state index contributed by atoms with van der Waals surface area (Å²) in [7, 11) is 0. The van der Waals surface area contributed by atoms with Crippen LogP contribution in [0.2, 0.25) is 0 Å². The highest BCUT2D eigenvalue weighted by atomic mass is 16.2. The quantitative estimate of drug-likeness (QED) is 0.897. The molecule has 1 N–H and O–H groups in total. The molecule has 7 heteroatoms. The molecule has 2 amide bonds. The third-order valence-corrected chi connectivity index (χ3v) is 4.89. The summed E-state index contributed by atoms with van der Waals surface area (Å²) in [5.41, 5.74) is 3.41. The van der Waals surface area contributed by atoms with E-state index in [9.17, 15) is 9.59 Å². The summed E-state index contributed by atoms with van der Waals surface area (Å²) < 4.78 is 0. The van der Waals surface area contributed by atoms with Gasteiger partial charge in [0.25, 0.3) is 5.91 Å². The van der Waals surface area contributed by atoms with Crippen molar-refractivity contribution in [2.24, 2.45) is 0 Å². The number of amides is 2. The number of carbonyl (C=O) groups excluding carboxylic acids is 2. The molecule has 0 aliphatic carbocycles. The predicted octanol–water partition coefficient (Wildman–Crippen LogP) is 2.27. The highest BCUT2D eigenvalue weighted by molar-refractivity contribution is 6.04. The van der Waals surface area contributed by atoms with E-state index in [2.05, 4.69) is 22.2 Å². The number of hydrogen-bond acceptors (Lipinski definition) is 5. The van der Waals surface area contributed by atoms with E-state index in [-0.39, 0.29) is 11.8 Å². The van der Waals surface area contributed by atoms with Gasteiger partial charge in [0.15, 0.2) is 0 Å². The molecule has 0 atom stereocenters. The number of anilines is 2. The van der Waals surface area contributed by atoms with Crippen LogP contribution in [0.4, 0.5) is 11.6 Å². The first kappa shape index (κ1) is 18.8. The standard InChI is InChI=1S/C20H25N5O2/c1-4-16-7-5-6-14(2)18(16)23-19(27)17-12-21-20(22-13-17)25-10-8-24(9-11-25)15(3)26/h5-7,12-13H,4,8-11H2,1-3H3,(H,23,27). The summed E-state index contributed by atoms with van der Waals surface area (Å²) in [4.78, 5) is 36.5. The maximum atomic E-state index is 12.6. The SMILES string of the molecule is CCc1cccc(C)c1NC(=O)c1cnc(N2CCN(C(C)=O)CC2)nc1. The molecule has 0 unspecified atom stereocenters. The maximum absolute atomic E-state index is 12.6. The van der Waals surface area contributed by atoms with Gasteiger partial charge in [-0.1, -0.05) is 25.1 Å². The van der Waals surface area contributed by atoms with Crippen molar-refractivity contribution >= 4 is 23.5 Å². The zero-order chi connectivity index (χ0) is 19.4. The van der Waals surface area contributed by atoms with Gasteiger partial charge in [-0.2, -0.15) is 0 Å².